The van der Waals surface area contributed by atoms with Crippen molar-refractivity contribution in [1.82, 2.24) is 10.2 Å². The highest BCUT2D eigenvalue weighted by molar-refractivity contribution is 7.92. The van der Waals surface area contributed by atoms with E-state index in [9.17, 15) is 18.0 Å². The lowest BCUT2D eigenvalue weighted by molar-refractivity contribution is -0.140. The third-order valence-corrected chi connectivity index (χ3v) is 8.92. The number of benzene rings is 4. The number of para-hydroxylation sites is 1. The molecule has 45 heavy (non-hydrogen) atoms. The molecule has 0 saturated heterocycles. The van der Waals surface area contributed by atoms with Gasteiger partial charge in [-0.15, -0.1) is 0 Å². The normalized spacial score (nSPS) is 12.2. The molecule has 0 saturated carbocycles. The van der Waals surface area contributed by atoms with Gasteiger partial charge in [0, 0.05) is 12.1 Å². The Morgan fingerprint density at radius 3 is 1.87 bits per heavy atom. The van der Waals surface area contributed by atoms with Crippen molar-refractivity contribution in [3.05, 3.63) is 120 Å². The van der Waals surface area contributed by atoms with Crippen molar-refractivity contribution in [1.29, 1.82) is 0 Å². The summed E-state index contributed by atoms with van der Waals surface area (Å²) in [6, 6.07) is 29.1. The average Bonchev–Trinajstić information content (AvgIpc) is 2.99. The molecule has 8 nitrogen and oxygen atoms in total. The Balaban J connectivity index is 1.71. The molecule has 0 aliphatic rings. The monoisotopic (exact) mass is 627 g/mol. The third kappa shape index (κ3) is 8.95. The van der Waals surface area contributed by atoms with E-state index in [2.05, 4.69) is 5.32 Å². The van der Waals surface area contributed by atoms with Crippen LogP contribution in [0.5, 0.6) is 11.5 Å². The van der Waals surface area contributed by atoms with E-state index in [1.54, 1.807) is 43.3 Å². The number of aryl methyl sites for hydroxylation is 2. The van der Waals surface area contributed by atoms with E-state index in [1.807, 2.05) is 89.2 Å². The molecule has 1 atom stereocenters. The first-order chi connectivity index (χ1) is 21.2. The van der Waals surface area contributed by atoms with Crippen molar-refractivity contribution >= 4 is 27.5 Å². The summed E-state index contributed by atoms with van der Waals surface area (Å²) < 4.78 is 35.2. The van der Waals surface area contributed by atoms with Crippen LogP contribution < -0.4 is 14.4 Å². The first-order valence-corrected chi connectivity index (χ1v) is 16.3. The Hall–Kier alpha value is -4.63. The summed E-state index contributed by atoms with van der Waals surface area (Å²) in [6.45, 7) is 10.7. The van der Waals surface area contributed by atoms with Gasteiger partial charge < -0.3 is 15.0 Å². The van der Waals surface area contributed by atoms with Crippen LogP contribution in [0.2, 0.25) is 0 Å². The minimum Gasteiger partial charge on any atom is -0.457 e. The van der Waals surface area contributed by atoms with Gasteiger partial charge in [0.2, 0.25) is 11.8 Å². The molecule has 236 valence electrons. The van der Waals surface area contributed by atoms with Gasteiger partial charge in [-0.05, 0) is 95.6 Å². The molecule has 1 unspecified atom stereocenters. The maximum Gasteiger partial charge on any atom is 0.264 e. The Kier molecular flexibility index (Phi) is 10.3. The lowest BCUT2D eigenvalue weighted by atomic mass is 10.1. The SMILES string of the molecule is Cc1ccc(CN(C(=O)CN(c2ccc(Oc3ccccc3)cc2)S(=O)(=O)c2ccc(C)cc2)C(C)C(=O)NC(C)(C)C)cc1. The second-order valence-electron chi connectivity index (χ2n) is 12.2. The van der Waals surface area contributed by atoms with Crippen LogP contribution in [0.4, 0.5) is 5.69 Å². The number of carbonyl (C=O) groups excluding carboxylic acids is 2. The maximum atomic E-state index is 14.2. The van der Waals surface area contributed by atoms with E-state index in [-0.39, 0.29) is 23.0 Å². The summed E-state index contributed by atoms with van der Waals surface area (Å²) >= 11 is 0. The molecule has 0 spiro atoms. The minimum atomic E-state index is -4.18. The Bertz CT molecular complexity index is 1700. The van der Waals surface area contributed by atoms with Crippen LogP contribution in [-0.4, -0.2) is 43.3 Å². The standard InChI is InChI=1S/C36H41N3O5S/c1-26-12-16-29(17-13-26)24-38(28(3)35(41)37-36(4,5)6)34(40)25-39(45(42,43)33-22-14-27(2)15-23-33)30-18-20-32(21-19-30)44-31-10-8-7-9-11-31/h7-23,28H,24-25H2,1-6H3,(H,37,41). The van der Waals surface area contributed by atoms with Gasteiger partial charge in [0.05, 0.1) is 10.6 Å². The van der Waals surface area contributed by atoms with E-state index in [0.29, 0.717) is 11.5 Å². The molecule has 4 aromatic carbocycles. The second-order valence-corrected chi connectivity index (χ2v) is 14.0. The smallest absolute Gasteiger partial charge is 0.264 e. The first-order valence-electron chi connectivity index (χ1n) is 14.8. The molecule has 0 aromatic heterocycles. The molecule has 0 fully saturated rings. The topological polar surface area (TPSA) is 96.0 Å². The van der Waals surface area contributed by atoms with Gasteiger partial charge in [0.1, 0.15) is 24.1 Å². The summed E-state index contributed by atoms with van der Waals surface area (Å²) in [4.78, 5) is 28.9. The maximum absolute atomic E-state index is 14.2. The van der Waals surface area contributed by atoms with Crippen LogP contribution in [0.25, 0.3) is 0 Å². The van der Waals surface area contributed by atoms with E-state index >= 15 is 0 Å². The summed E-state index contributed by atoms with van der Waals surface area (Å²) in [6.07, 6.45) is 0. The van der Waals surface area contributed by atoms with Crippen LogP contribution >= 0.6 is 0 Å². The van der Waals surface area contributed by atoms with Crippen molar-refractivity contribution in [3.8, 4) is 11.5 Å². The molecule has 0 heterocycles. The van der Waals surface area contributed by atoms with Crippen molar-refractivity contribution in [3.63, 3.8) is 0 Å². The molecular formula is C36H41N3O5S. The highest BCUT2D eigenvalue weighted by Crippen LogP contribution is 2.29. The lowest BCUT2D eigenvalue weighted by Gasteiger charge is -2.33. The predicted octanol–water partition coefficient (Wildman–Crippen LogP) is 6.62. The quantitative estimate of drug-likeness (QED) is 0.202. The predicted molar refractivity (Wildman–Crippen MR) is 178 cm³/mol. The zero-order valence-corrected chi connectivity index (χ0v) is 27.5. The van der Waals surface area contributed by atoms with E-state index in [0.717, 1.165) is 21.0 Å². The molecule has 9 heteroatoms. The number of anilines is 1. The van der Waals surface area contributed by atoms with E-state index < -0.39 is 34.1 Å². The van der Waals surface area contributed by atoms with Gasteiger partial charge in [-0.25, -0.2) is 8.42 Å². The van der Waals surface area contributed by atoms with Crippen LogP contribution in [-0.2, 0) is 26.2 Å². The van der Waals surface area contributed by atoms with Gasteiger partial charge in [0.25, 0.3) is 10.0 Å². The molecule has 0 aliphatic carbocycles. The number of hydrogen-bond donors (Lipinski definition) is 1. The summed E-state index contributed by atoms with van der Waals surface area (Å²) in [5, 5.41) is 2.94. The number of nitrogens with one attached hydrogen (secondary N) is 1. The molecule has 0 aliphatic heterocycles. The largest absolute Gasteiger partial charge is 0.457 e. The molecule has 2 amide bonds. The van der Waals surface area contributed by atoms with Crippen LogP contribution in [0.3, 0.4) is 0 Å². The number of carbonyl (C=O) groups is 2. The van der Waals surface area contributed by atoms with Gasteiger partial charge in [0.15, 0.2) is 0 Å². The van der Waals surface area contributed by atoms with E-state index in [4.69, 9.17) is 4.74 Å². The van der Waals surface area contributed by atoms with Crippen molar-refractivity contribution in [2.75, 3.05) is 10.8 Å². The number of ether oxygens (including phenoxy) is 1. The number of hydrogen-bond acceptors (Lipinski definition) is 5. The van der Waals surface area contributed by atoms with Crippen LogP contribution in [0, 0.1) is 13.8 Å². The minimum absolute atomic E-state index is 0.0501. The first kappa shape index (κ1) is 33.3. The van der Waals surface area contributed by atoms with Crippen molar-refractivity contribution in [2.45, 2.75) is 64.6 Å². The number of nitrogens with zero attached hydrogens (tertiary/aromatic N) is 2. The summed E-state index contributed by atoms with van der Waals surface area (Å²) in [7, 11) is -4.18. The van der Waals surface area contributed by atoms with Crippen LogP contribution in [0.1, 0.15) is 44.4 Å². The van der Waals surface area contributed by atoms with E-state index in [1.165, 1.54) is 17.0 Å². The third-order valence-electron chi connectivity index (χ3n) is 7.13. The fraction of sp³-hybridized carbons (Fsp3) is 0.278. The summed E-state index contributed by atoms with van der Waals surface area (Å²) in [5.74, 6) is 0.294. The van der Waals surface area contributed by atoms with Gasteiger partial charge in [-0.3, -0.25) is 13.9 Å². The highest BCUT2D eigenvalue weighted by atomic mass is 32.2. The second kappa shape index (κ2) is 14.0. The molecule has 1 N–H and O–H groups in total. The number of rotatable bonds is 11. The molecule has 4 rings (SSSR count). The fourth-order valence-electron chi connectivity index (χ4n) is 4.62. The van der Waals surface area contributed by atoms with Crippen molar-refractivity contribution < 1.29 is 22.7 Å². The lowest BCUT2D eigenvalue weighted by Crippen LogP contribution is -2.54. The summed E-state index contributed by atoms with van der Waals surface area (Å²) in [5.41, 5.74) is 2.55. The van der Waals surface area contributed by atoms with Gasteiger partial charge in [-0.1, -0.05) is 65.7 Å². The molecule has 0 radical (unpaired) electrons. The average molecular weight is 628 g/mol. The molecule has 4 aromatic rings. The van der Waals surface area contributed by atoms with Crippen LogP contribution in [0.15, 0.2) is 108 Å². The number of sulfonamides is 1. The Morgan fingerprint density at radius 2 is 1.31 bits per heavy atom. The zero-order valence-electron chi connectivity index (χ0n) is 26.7. The molecule has 0 bridgehead atoms. The number of amides is 2. The van der Waals surface area contributed by atoms with Gasteiger partial charge in [-0.2, -0.15) is 0 Å². The van der Waals surface area contributed by atoms with Gasteiger partial charge >= 0.3 is 0 Å². The Labute approximate surface area is 266 Å². The fourth-order valence-corrected chi connectivity index (χ4v) is 6.03. The zero-order chi connectivity index (χ0) is 32.8. The Morgan fingerprint density at radius 1 is 0.778 bits per heavy atom. The highest BCUT2D eigenvalue weighted by Gasteiger charge is 2.33. The molecular weight excluding hydrogens is 586 g/mol. The van der Waals surface area contributed by atoms with Crippen molar-refractivity contribution in [2.24, 2.45) is 0 Å².